The van der Waals surface area contributed by atoms with Gasteiger partial charge in [-0.1, -0.05) is 24.9 Å². The Morgan fingerprint density at radius 1 is 1.48 bits per heavy atom. The van der Waals surface area contributed by atoms with Gasteiger partial charge in [0, 0.05) is 6.07 Å². The summed E-state index contributed by atoms with van der Waals surface area (Å²) in [6.45, 7) is 2.88. The lowest BCUT2D eigenvalue weighted by Crippen LogP contribution is -2.53. The lowest BCUT2D eigenvalue weighted by atomic mass is 9.96. The van der Waals surface area contributed by atoms with Crippen molar-refractivity contribution in [2.45, 2.75) is 32.2 Å². The maximum absolute atomic E-state index is 13.0. The van der Waals surface area contributed by atoms with E-state index in [0.717, 1.165) is 6.07 Å². The minimum Gasteiger partial charge on any atom is -0.484 e. The van der Waals surface area contributed by atoms with Crippen molar-refractivity contribution in [2.75, 3.05) is 6.61 Å². The molecule has 0 aliphatic rings. The molecule has 1 aromatic rings. The van der Waals surface area contributed by atoms with Crippen LogP contribution < -0.4 is 10.1 Å². The van der Waals surface area contributed by atoms with E-state index in [1.807, 2.05) is 6.92 Å². The summed E-state index contributed by atoms with van der Waals surface area (Å²) in [5, 5.41) is 11.5. The number of amides is 1. The SMILES string of the molecule is CCCC(C)(NC(=O)COc1ccc(F)c(Cl)c1)C(=O)O. The van der Waals surface area contributed by atoms with Crippen LogP contribution in [0.2, 0.25) is 5.02 Å². The topological polar surface area (TPSA) is 75.6 Å². The first-order valence-electron chi connectivity index (χ1n) is 6.40. The average Bonchev–Trinajstić information content (AvgIpc) is 2.40. The molecular weight excluding hydrogens is 301 g/mol. The molecule has 2 N–H and O–H groups in total. The van der Waals surface area contributed by atoms with Crippen molar-refractivity contribution in [3.8, 4) is 5.75 Å². The largest absolute Gasteiger partial charge is 0.484 e. The van der Waals surface area contributed by atoms with Crippen molar-refractivity contribution in [3.63, 3.8) is 0 Å². The monoisotopic (exact) mass is 317 g/mol. The molecule has 0 aliphatic carbocycles. The standard InChI is InChI=1S/C14H17ClFNO4/c1-3-6-14(2,13(19)20)17-12(18)8-21-9-4-5-11(16)10(15)7-9/h4-5,7H,3,6,8H2,1-2H3,(H,17,18)(H,19,20). The fourth-order valence-electron chi connectivity index (χ4n) is 1.78. The number of carbonyl (C=O) groups excluding carboxylic acids is 1. The summed E-state index contributed by atoms with van der Waals surface area (Å²) in [4.78, 5) is 22.9. The van der Waals surface area contributed by atoms with E-state index in [9.17, 15) is 14.0 Å². The zero-order chi connectivity index (χ0) is 16.0. The predicted octanol–water partition coefficient (Wildman–Crippen LogP) is 2.62. The van der Waals surface area contributed by atoms with E-state index in [2.05, 4.69) is 5.32 Å². The zero-order valence-electron chi connectivity index (χ0n) is 11.8. The van der Waals surface area contributed by atoms with Crippen LogP contribution in [0.1, 0.15) is 26.7 Å². The number of nitrogens with one attached hydrogen (secondary N) is 1. The molecule has 1 amide bonds. The van der Waals surface area contributed by atoms with Gasteiger partial charge < -0.3 is 15.2 Å². The smallest absolute Gasteiger partial charge is 0.329 e. The summed E-state index contributed by atoms with van der Waals surface area (Å²) in [6, 6.07) is 3.69. The highest BCUT2D eigenvalue weighted by Crippen LogP contribution is 2.21. The van der Waals surface area contributed by atoms with Crippen LogP contribution in [0.5, 0.6) is 5.75 Å². The molecule has 5 nitrogen and oxygen atoms in total. The summed E-state index contributed by atoms with van der Waals surface area (Å²) in [5.41, 5.74) is -1.34. The van der Waals surface area contributed by atoms with E-state index >= 15 is 0 Å². The highest BCUT2D eigenvalue weighted by Gasteiger charge is 2.33. The number of carboxylic acid groups (broad SMARTS) is 1. The average molecular weight is 318 g/mol. The van der Waals surface area contributed by atoms with Gasteiger partial charge in [-0.2, -0.15) is 0 Å². The molecule has 21 heavy (non-hydrogen) atoms. The van der Waals surface area contributed by atoms with Gasteiger partial charge in [0.25, 0.3) is 5.91 Å². The number of hydrogen-bond donors (Lipinski definition) is 2. The lowest BCUT2D eigenvalue weighted by Gasteiger charge is -2.25. The minimum absolute atomic E-state index is 0.116. The molecule has 0 bridgehead atoms. The second kappa shape index (κ2) is 7.26. The third kappa shape index (κ3) is 4.90. The summed E-state index contributed by atoms with van der Waals surface area (Å²) < 4.78 is 18.1. The van der Waals surface area contributed by atoms with E-state index in [0.29, 0.717) is 12.8 Å². The Bertz CT molecular complexity index is 538. The summed E-state index contributed by atoms with van der Waals surface area (Å²) >= 11 is 5.59. The summed E-state index contributed by atoms with van der Waals surface area (Å²) in [6.07, 6.45) is 0.911. The molecule has 1 unspecified atom stereocenters. The predicted molar refractivity (Wildman–Crippen MR) is 76.0 cm³/mol. The third-order valence-corrected chi connectivity index (χ3v) is 3.19. The van der Waals surface area contributed by atoms with Crippen LogP contribution in [-0.4, -0.2) is 29.1 Å². The highest BCUT2D eigenvalue weighted by molar-refractivity contribution is 6.30. The van der Waals surface area contributed by atoms with E-state index in [1.165, 1.54) is 19.1 Å². The Kier molecular flexibility index (Phi) is 5.96. The molecule has 0 saturated heterocycles. The Morgan fingerprint density at radius 2 is 2.14 bits per heavy atom. The van der Waals surface area contributed by atoms with Gasteiger partial charge in [-0.05, 0) is 25.5 Å². The second-order valence-electron chi connectivity index (χ2n) is 4.80. The van der Waals surface area contributed by atoms with Gasteiger partial charge >= 0.3 is 5.97 Å². The number of carbonyl (C=O) groups is 2. The first-order chi connectivity index (χ1) is 9.78. The summed E-state index contributed by atoms with van der Waals surface area (Å²) in [7, 11) is 0. The van der Waals surface area contributed by atoms with Crippen molar-refractivity contribution in [1.82, 2.24) is 5.32 Å². The van der Waals surface area contributed by atoms with Crippen LogP contribution in [-0.2, 0) is 9.59 Å². The second-order valence-corrected chi connectivity index (χ2v) is 5.21. The lowest BCUT2D eigenvalue weighted by molar-refractivity contribution is -0.147. The highest BCUT2D eigenvalue weighted by atomic mass is 35.5. The number of ether oxygens (including phenoxy) is 1. The van der Waals surface area contributed by atoms with Crippen LogP contribution in [0.4, 0.5) is 4.39 Å². The Balaban J connectivity index is 2.60. The maximum Gasteiger partial charge on any atom is 0.329 e. The molecule has 0 radical (unpaired) electrons. The molecule has 0 heterocycles. The van der Waals surface area contributed by atoms with E-state index in [4.69, 9.17) is 21.4 Å². The molecule has 0 spiro atoms. The molecular formula is C14H17ClFNO4. The number of carboxylic acids is 1. The Hall–Kier alpha value is -1.82. The van der Waals surface area contributed by atoms with Crippen LogP contribution in [0.15, 0.2) is 18.2 Å². The van der Waals surface area contributed by atoms with Crippen LogP contribution in [0.25, 0.3) is 0 Å². The summed E-state index contributed by atoms with van der Waals surface area (Å²) in [5.74, 6) is -2.05. The van der Waals surface area contributed by atoms with Crippen molar-refractivity contribution < 1.29 is 23.8 Å². The van der Waals surface area contributed by atoms with Crippen molar-refractivity contribution in [1.29, 1.82) is 0 Å². The molecule has 0 aromatic heterocycles. The van der Waals surface area contributed by atoms with Crippen molar-refractivity contribution >= 4 is 23.5 Å². The number of aliphatic carboxylic acids is 1. The van der Waals surface area contributed by atoms with Gasteiger partial charge in [0.2, 0.25) is 0 Å². The van der Waals surface area contributed by atoms with Gasteiger partial charge in [-0.15, -0.1) is 0 Å². The molecule has 1 rings (SSSR count). The first kappa shape index (κ1) is 17.2. The maximum atomic E-state index is 13.0. The fraction of sp³-hybridized carbons (Fsp3) is 0.429. The van der Waals surface area contributed by atoms with Gasteiger partial charge in [0.1, 0.15) is 17.1 Å². The number of hydrogen-bond acceptors (Lipinski definition) is 3. The van der Waals surface area contributed by atoms with E-state index in [1.54, 1.807) is 0 Å². The molecule has 1 aromatic carbocycles. The molecule has 0 saturated carbocycles. The fourth-order valence-corrected chi connectivity index (χ4v) is 1.95. The first-order valence-corrected chi connectivity index (χ1v) is 6.78. The van der Waals surface area contributed by atoms with Crippen LogP contribution >= 0.6 is 11.6 Å². The molecule has 0 aliphatic heterocycles. The number of benzene rings is 1. The number of rotatable bonds is 7. The third-order valence-electron chi connectivity index (χ3n) is 2.90. The van der Waals surface area contributed by atoms with Crippen molar-refractivity contribution in [3.05, 3.63) is 29.0 Å². The van der Waals surface area contributed by atoms with E-state index < -0.39 is 23.2 Å². The molecule has 0 fully saturated rings. The van der Waals surface area contributed by atoms with Crippen LogP contribution in [0.3, 0.4) is 0 Å². The minimum atomic E-state index is -1.34. The van der Waals surface area contributed by atoms with Gasteiger partial charge in [-0.25, -0.2) is 9.18 Å². The molecule has 1 atom stereocenters. The van der Waals surface area contributed by atoms with E-state index in [-0.39, 0.29) is 17.4 Å². The quantitative estimate of drug-likeness (QED) is 0.810. The Labute approximate surface area is 127 Å². The molecule has 7 heteroatoms. The van der Waals surface area contributed by atoms with Gasteiger partial charge in [0.15, 0.2) is 6.61 Å². The normalized spacial score (nSPS) is 13.3. The van der Waals surface area contributed by atoms with Gasteiger partial charge in [-0.3, -0.25) is 4.79 Å². The molecule has 116 valence electrons. The van der Waals surface area contributed by atoms with Crippen molar-refractivity contribution in [2.24, 2.45) is 0 Å². The van der Waals surface area contributed by atoms with Crippen LogP contribution in [0, 0.1) is 5.82 Å². The van der Waals surface area contributed by atoms with Gasteiger partial charge in [0.05, 0.1) is 5.02 Å². The Morgan fingerprint density at radius 3 is 2.67 bits per heavy atom. The zero-order valence-corrected chi connectivity index (χ0v) is 12.5. The number of halogens is 2.